The van der Waals surface area contributed by atoms with Crippen LogP contribution in [0.15, 0.2) is 60.8 Å². The van der Waals surface area contributed by atoms with E-state index in [0.717, 1.165) is 48.3 Å². The number of aryl methyl sites for hydroxylation is 2. The van der Waals surface area contributed by atoms with E-state index in [1.807, 2.05) is 43.5 Å². The average Bonchev–Trinajstić information content (AvgIpc) is 3.33. The first kappa shape index (κ1) is 22.0. The first-order chi connectivity index (χ1) is 15.6. The van der Waals surface area contributed by atoms with Gasteiger partial charge in [0.15, 0.2) is 0 Å². The van der Waals surface area contributed by atoms with Crippen LogP contribution in [0.25, 0.3) is 11.1 Å². The number of amides is 1. The first-order valence-electron chi connectivity index (χ1n) is 11.2. The Morgan fingerprint density at radius 3 is 2.66 bits per heavy atom. The molecule has 1 unspecified atom stereocenters. The van der Waals surface area contributed by atoms with Crippen LogP contribution in [0.2, 0.25) is 0 Å². The van der Waals surface area contributed by atoms with Crippen molar-refractivity contribution in [1.82, 2.24) is 10.3 Å². The van der Waals surface area contributed by atoms with Gasteiger partial charge in [0.05, 0.1) is 6.10 Å². The standard InChI is InChI=1S/C27H30N2O3/c1-19-5-9-22(10-6-19)23-14-24(16-26(15-23)32-18-25-4-3-13-31-25)27(30)28-12-11-21-8-7-20(2)29-17-21/h5-10,14-17,25H,3-4,11-13,18H2,1-2H3,(H,28,30). The van der Waals surface area contributed by atoms with Gasteiger partial charge in [0.2, 0.25) is 0 Å². The zero-order valence-corrected chi connectivity index (χ0v) is 18.8. The van der Waals surface area contributed by atoms with E-state index in [9.17, 15) is 4.79 Å². The summed E-state index contributed by atoms with van der Waals surface area (Å²) < 4.78 is 11.7. The Hall–Kier alpha value is -3.18. The number of benzene rings is 2. The molecule has 1 aliphatic heterocycles. The molecule has 1 saturated heterocycles. The van der Waals surface area contributed by atoms with Gasteiger partial charge in [0, 0.05) is 30.6 Å². The number of pyridine rings is 1. The van der Waals surface area contributed by atoms with Crippen LogP contribution in [0.4, 0.5) is 0 Å². The van der Waals surface area contributed by atoms with Gasteiger partial charge in [-0.25, -0.2) is 0 Å². The van der Waals surface area contributed by atoms with Gasteiger partial charge in [-0.3, -0.25) is 9.78 Å². The fourth-order valence-electron chi connectivity index (χ4n) is 3.76. The Morgan fingerprint density at radius 1 is 1.09 bits per heavy atom. The molecule has 2 aromatic carbocycles. The van der Waals surface area contributed by atoms with Gasteiger partial charge < -0.3 is 14.8 Å². The molecular formula is C27H30N2O3. The lowest BCUT2D eigenvalue weighted by Gasteiger charge is -2.14. The van der Waals surface area contributed by atoms with E-state index in [1.165, 1.54) is 5.56 Å². The summed E-state index contributed by atoms with van der Waals surface area (Å²) in [4.78, 5) is 17.2. The zero-order valence-electron chi connectivity index (χ0n) is 18.8. The smallest absolute Gasteiger partial charge is 0.251 e. The highest BCUT2D eigenvalue weighted by Gasteiger charge is 2.17. The molecule has 2 heterocycles. The summed E-state index contributed by atoms with van der Waals surface area (Å²) in [5.41, 5.74) is 5.89. The summed E-state index contributed by atoms with van der Waals surface area (Å²) in [6.45, 7) is 5.86. The molecule has 0 saturated carbocycles. The van der Waals surface area contributed by atoms with E-state index < -0.39 is 0 Å². The number of hydrogen-bond donors (Lipinski definition) is 1. The molecule has 5 heteroatoms. The number of carbonyl (C=O) groups is 1. The molecule has 0 radical (unpaired) electrons. The largest absolute Gasteiger partial charge is 0.491 e. The van der Waals surface area contributed by atoms with Crippen LogP contribution < -0.4 is 10.1 Å². The molecule has 0 spiro atoms. The minimum absolute atomic E-state index is 0.110. The molecule has 5 nitrogen and oxygen atoms in total. The number of hydrogen-bond acceptors (Lipinski definition) is 4. The van der Waals surface area contributed by atoms with Crippen molar-refractivity contribution in [2.24, 2.45) is 0 Å². The van der Waals surface area contributed by atoms with E-state index in [0.29, 0.717) is 24.5 Å². The van der Waals surface area contributed by atoms with Crippen molar-refractivity contribution in [2.75, 3.05) is 19.8 Å². The van der Waals surface area contributed by atoms with Gasteiger partial charge >= 0.3 is 0 Å². The molecule has 1 amide bonds. The van der Waals surface area contributed by atoms with Crippen molar-refractivity contribution in [3.8, 4) is 16.9 Å². The minimum Gasteiger partial charge on any atom is -0.491 e. The fraction of sp³-hybridized carbons (Fsp3) is 0.333. The molecule has 1 aromatic heterocycles. The Bertz CT molecular complexity index is 1040. The Balaban J connectivity index is 1.48. The van der Waals surface area contributed by atoms with Crippen molar-refractivity contribution in [3.63, 3.8) is 0 Å². The monoisotopic (exact) mass is 430 g/mol. The predicted octanol–water partition coefficient (Wildman–Crippen LogP) is 4.90. The number of carbonyl (C=O) groups excluding carboxylic acids is 1. The second-order valence-electron chi connectivity index (χ2n) is 8.37. The second-order valence-corrected chi connectivity index (χ2v) is 8.37. The first-order valence-corrected chi connectivity index (χ1v) is 11.2. The molecule has 32 heavy (non-hydrogen) atoms. The van der Waals surface area contributed by atoms with E-state index in [1.54, 1.807) is 0 Å². The maximum atomic E-state index is 12.9. The summed E-state index contributed by atoms with van der Waals surface area (Å²) in [7, 11) is 0. The normalized spacial score (nSPS) is 15.5. The summed E-state index contributed by atoms with van der Waals surface area (Å²) in [5, 5.41) is 3.03. The Morgan fingerprint density at radius 2 is 1.94 bits per heavy atom. The van der Waals surface area contributed by atoms with Crippen LogP contribution in [0.1, 0.15) is 40.0 Å². The maximum Gasteiger partial charge on any atom is 0.251 e. The Kier molecular flexibility index (Phi) is 7.17. The molecule has 1 N–H and O–H groups in total. The summed E-state index contributed by atoms with van der Waals surface area (Å²) in [6.07, 6.45) is 4.80. The van der Waals surface area contributed by atoms with Crippen LogP contribution in [-0.4, -0.2) is 36.8 Å². The lowest BCUT2D eigenvalue weighted by atomic mass is 10.0. The highest BCUT2D eigenvalue weighted by molar-refractivity contribution is 5.96. The van der Waals surface area contributed by atoms with Crippen molar-refractivity contribution in [1.29, 1.82) is 0 Å². The number of nitrogens with one attached hydrogen (secondary N) is 1. The topological polar surface area (TPSA) is 60.5 Å². The second kappa shape index (κ2) is 10.4. The Labute approximate surface area is 189 Å². The van der Waals surface area contributed by atoms with Crippen LogP contribution >= 0.6 is 0 Å². The molecule has 0 aliphatic carbocycles. The molecular weight excluding hydrogens is 400 g/mol. The molecule has 1 atom stereocenters. The third kappa shape index (κ3) is 5.95. The lowest BCUT2D eigenvalue weighted by Crippen LogP contribution is -2.26. The van der Waals surface area contributed by atoms with Crippen molar-refractivity contribution in [3.05, 3.63) is 83.2 Å². The van der Waals surface area contributed by atoms with Crippen molar-refractivity contribution < 1.29 is 14.3 Å². The van der Waals surface area contributed by atoms with E-state index in [-0.39, 0.29) is 12.0 Å². The highest BCUT2D eigenvalue weighted by Crippen LogP contribution is 2.27. The number of rotatable bonds is 8. The number of ether oxygens (including phenoxy) is 2. The van der Waals surface area contributed by atoms with Crippen LogP contribution in [-0.2, 0) is 11.2 Å². The molecule has 3 aromatic rings. The minimum atomic E-state index is -0.110. The third-order valence-corrected chi connectivity index (χ3v) is 5.69. The van der Waals surface area contributed by atoms with Crippen molar-refractivity contribution >= 4 is 5.91 Å². The van der Waals surface area contributed by atoms with Gasteiger partial charge in [-0.05, 0) is 74.1 Å². The van der Waals surface area contributed by atoms with E-state index >= 15 is 0 Å². The molecule has 1 aliphatic rings. The summed E-state index contributed by atoms with van der Waals surface area (Å²) in [6, 6.07) is 18.1. The number of nitrogens with zero attached hydrogens (tertiary/aromatic N) is 1. The fourth-order valence-corrected chi connectivity index (χ4v) is 3.76. The van der Waals surface area contributed by atoms with E-state index in [4.69, 9.17) is 9.47 Å². The van der Waals surface area contributed by atoms with Gasteiger partial charge in [-0.15, -0.1) is 0 Å². The molecule has 166 valence electrons. The molecule has 1 fully saturated rings. The van der Waals surface area contributed by atoms with Gasteiger partial charge in [0.25, 0.3) is 5.91 Å². The summed E-state index contributed by atoms with van der Waals surface area (Å²) >= 11 is 0. The van der Waals surface area contributed by atoms with Crippen LogP contribution in [0.3, 0.4) is 0 Å². The average molecular weight is 431 g/mol. The zero-order chi connectivity index (χ0) is 22.3. The molecule has 4 rings (SSSR count). The van der Waals surface area contributed by atoms with Gasteiger partial charge in [0.1, 0.15) is 12.4 Å². The SMILES string of the molecule is Cc1ccc(-c2cc(OCC3CCCO3)cc(C(=O)NCCc3ccc(C)nc3)c2)cc1. The number of aromatic nitrogens is 1. The van der Waals surface area contributed by atoms with Crippen LogP contribution in [0.5, 0.6) is 5.75 Å². The van der Waals surface area contributed by atoms with Gasteiger partial charge in [-0.2, -0.15) is 0 Å². The van der Waals surface area contributed by atoms with Gasteiger partial charge in [-0.1, -0.05) is 35.9 Å². The van der Waals surface area contributed by atoms with Crippen LogP contribution in [0, 0.1) is 13.8 Å². The lowest BCUT2D eigenvalue weighted by molar-refractivity contribution is 0.0679. The predicted molar refractivity (Wildman–Crippen MR) is 126 cm³/mol. The maximum absolute atomic E-state index is 12.9. The molecule has 0 bridgehead atoms. The van der Waals surface area contributed by atoms with Crippen molar-refractivity contribution in [2.45, 2.75) is 39.2 Å². The van der Waals surface area contributed by atoms with E-state index in [2.05, 4.69) is 41.5 Å². The highest BCUT2D eigenvalue weighted by atomic mass is 16.5. The summed E-state index contributed by atoms with van der Waals surface area (Å²) in [5.74, 6) is 0.576. The third-order valence-electron chi connectivity index (χ3n) is 5.69. The quantitative estimate of drug-likeness (QED) is 0.552.